The van der Waals surface area contributed by atoms with Crippen molar-refractivity contribution < 1.29 is 0 Å². The zero-order valence-corrected chi connectivity index (χ0v) is 18.5. The summed E-state index contributed by atoms with van der Waals surface area (Å²) in [4.78, 5) is 5.01. The van der Waals surface area contributed by atoms with Crippen LogP contribution in [-0.2, 0) is 0 Å². The Kier molecular flexibility index (Phi) is 5.75. The summed E-state index contributed by atoms with van der Waals surface area (Å²) in [6, 6.07) is 30.2. The van der Waals surface area contributed by atoms with Gasteiger partial charge in [0, 0.05) is 28.5 Å². The van der Waals surface area contributed by atoms with Gasteiger partial charge in [-0.25, -0.2) is 0 Å². The summed E-state index contributed by atoms with van der Waals surface area (Å²) in [6.07, 6.45) is 0. The third-order valence-corrected chi connectivity index (χ3v) is 6.93. The number of halogens is 2. The Morgan fingerprint density at radius 1 is 0.423 bits per heavy atom. The van der Waals surface area contributed by atoms with Crippen LogP contribution in [0.5, 0.6) is 0 Å². The molecular weight excluding hydrogens is 488 g/mol. The van der Waals surface area contributed by atoms with Crippen molar-refractivity contribution in [3.8, 4) is 0 Å². The second-order valence-electron chi connectivity index (χ2n) is 5.78. The van der Waals surface area contributed by atoms with Crippen molar-refractivity contribution in [1.82, 2.24) is 0 Å². The summed E-state index contributed by atoms with van der Waals surface area (Å²) in [5.74, 6) is 0. The summed E-state index contributed by atoms with van der Waals surface area (Å²) in [5.41, 5.74) is 0. The van der Waals surface area contributed by atoms with E-state index in [1.54, 1.807) is 23.5 Å². The number of hydrogen-bond donors (Lipinski definition) is 0. The Bertz CT molecular complexity index is 955. The molecule has 0 spiro atoms. The van der Waals surface area contributed by atoms with Crippen LogP contribution in [-0.4, -0.2) is 0 Å². The molecule has 4 aromatic carbocycles. The lowest BCUT2D eigenvalue weighted by atomic mass is 10.1. The van der Waals surface area contributed by atoms with E-state index < -0.39 is 0 Å². The van der Waals surface area contributed by atoms with Gasteiger partial charge in [0.25, 0.3) is 0 Å². The molecule has 0 atom stereocenters. The van der Waals surface area contributed by atoms with Crippen LogP contribution in [0.3, 0.4) is 0 Å². The molecule has 0 N–H and O–H groups in total. The number of rotatable bonds is 4. The van der Waals surface area contributed by atoms with Crippen LogP contribution < -0.4 is 0 Å². The molecule has 0 aliphatic heterocycles. The second-order valence-corrected chi connectivity index (χ2v) is 9.91. The molecule has 0 aliphatic carbocycles. The molecule has 0 fully saturated rings. The zero-order valence-electron chi connectivity index (χ0n) is 13.7. The van der Waals surface area contributed by atoms with Crippen LogP contribution in [0.4, 0.5) is 0 Å². The maximum atomic E-state index is 3.48. The van der Waals surface area contributed by atoms with Gasteiger partial charge in [-0.15, -0.1) is 0 Å². The van der Waals surface area contributed by atoms with Crippen LogP contribution in [0.25, 0.3) is 10.8 Å². The predicted octanol–water partition coefficient (Wildman–Crippen LogP) is 8.67. The minimum Gasteiger partial charge on any atom is -0.0901 e. The Morgan fingerprint density at radius 2 is 0.769 bits per heavy atom. The van der Waals surface area contributed by atoms with Crippen LogP contribution in [0, 0.1) is 0 Å². The van der Waals surface area contributed by atoms with Gasteiger partial charge in [0.1, 0.15) is 0 Å². The van der Waals surface area contributed by atoms with E-state index >= 15 is 0 Å². The Hall–Kier alpha value is -1.20. The lowest BCUT2D eigenvalue weighted by Crippen LogP contribution is -1.79. The van der Waals surface area contributed by atoms with Gasteiger partial charge in [-0.1, -0.05) is 67.5 Å². The average Bonchev–Trinajstić information content (AvgIpc) is 2.66. The van der Waals surface area contributed by atoms with Crippen molar-refractivity contribution >= 4 is 66.2 Å². The molecule has 128 valence electrons. The van der Waals surface area contributed by atoms with Crippen molar-refractivity contribution in [2.45, 2.75) is 19.6 Å². The summed E-state index contributed by atoms with van der Waals surface area (Å²) >= 11 is 10.5. The molecule has 0 saturated carbocycles. The SMILES string of the molecule is Brc1ccc(Sc2ccc3cc(Sc4ccc(Br)cc4)ccc3c2)cc1. The van der Waals surface area contributed by atoms with Crippen molar-refractivity contribution in [1.29, 1.82) is 0 Å². The molecule has 0 aromatic heterocycles. The smallest absolute Gasteiger partial charge is 0.0176 e. The summed E-state index contributed by atoms with van der Waals surface area (Å²) in [7, 11) is 0. The first-order valence-electron chi connectivity index (χ1n) is 8.06. The van der Waals surface area contributed by atoms with Gasteiger partial charge in [-0.2, -0.15) is 0 Å². The van der Waals surface area contributed by atoms with Gasteiger partial charge in [0.15, 0.2) is 0 Å². The maximum absolute atomic E-state index is 3.48. The fourth-order valence-electron chi connectivity index (χ4n) is 2.61. The number of benzene rings is 4. The lowest BCUT2D eigenvalue weighted by Gasteiger charge is -2.07. The van der Waals surface area contributed by atoms with E-state index in [-0.39, 0.29) is 0 Å². The quantitative estimate of drug-likeness (QED) is 0.274. The highest BCUT2D eigenvalue weighted by Crippen LogP contribution is 2.34. The molecule has 0 nitrogen and oxygen atoms in total. The van der Waals surface area contributed by atoms with Crippen LogP contribution in [0.1, 0.15) is 0 Å². The molecule has 0 amide bonds. The summed E-state index contributed by atoms with van der Waals surface area (Å²) < 4.78 is 2.22. The molecule has 4 rings (SSSR count). The molecule has 26 heavy (non-hydrogen) atoms. The maximum Gasteiger partial charge on any atom is 0.0176 e. The Balaban J connectivity index is 1.55. The highest BCUT2D eigenvalue weighted by Gasteiger charge is 2.03. The number of fused-ring (bicyclic) bond motifs is 1. The molecule has 0 radical (unpaired) electrons. The summed E-state index contributed by atoms with van der Waals surface area (Å²) in [5, 5.41) is 2.54. The topological polar surface area (TPSA) is 0 Å². The highest BCUT2D eigenvalue weighted by atomic mass is 79.9. The van der Waals surface area contributed by atoms with Gasteiger partial charge >= 0.3 is 0 Å². The van der Waals surface area contributed by atoms with E-state index in [1.807, 2.05) is 0 Å². The minimum absolute atomic E-state index is 1.11. The first-order chi connectivity index (χ1) is 12.7. The molecule has 4 aromatic rings. The molecule has 4 heteroatoms. The van der Waals surface area contributed by atoms with Crippen LogP contribution >= 0.6 is 55.4 Å². The third-order valence-electron chi connectivity index (χ3n) is 3.88. The van der Waals surface area contributed by atoms with Crippen LogP contribution in [0.15, 0.2) is 113 Å². The molecule has 0 aliphatic rings. The number of hydrogen-bond acceptors (Lipinski definition) is 2. The molecule has 0 saturated heterocycles. The third kappa shape index (κ3) is 4.55. The first kappa shape index (κ1) is 18.2. The van der Waals surface area contributed by atoms with E-state index in [2.05, 4.69) is 117 Å². The molecular formula is C22H14Br2S2. The van der Waals surface area contributed by atoms with Gasteiger partial charge in [0.05, 0.1) is 0 Å². The standard InChI is InChI=1S/C22H14Br2S2/c23-17-3-9-19(10-4-17)25-21-7-1-15-13-22(8-2-16(15)14-21)26-20-11-5-18(24)6-12-20/h1-14H. The van der Waals surface area contributed by atoms with E-state index in [0.717, 1.165) is 8.95 Å². The molecule has 0 heterocycles. The van der Waals surface area contributed by atoms with E-state index in [0.29, 0.717) is 0 Å². The molecule has 0 bridgehead atoms. The summed E-state index contributed by atoms with van der Waals surface area (Å²) in [6.45, 7) is 0. The van der Waals surface area contributed by atoms with E-state index in [1.165, 1.54) is 30.4 Å². The highest BCUT2D eigenvalue weighted by molar-refractivity contribution is 9.10. The normalized spacial score (nSPS) is 11.0. The minimum atomic E-state index is 1.11. The molecule has 0 unspecified atom stereocenters. The lowest BCUT2D eigenvalue weighted by molar-refractivity contribution is 1.39. The van der Waals surface area contributed by atoms with Gasteiger partial charge < -0.3 is 0 Å². The Morgan fingerprint density at radius 3 is 1.15 bits per heavy atom. The van der Waals surface area contributed by atoms with Crippen molar-refractivity contribution in [2.24, 2.45) is 0 Å². The predicted molar refractivity (Wildman–Crippen MR) is 120 cm³/mol. The van der Waals surface area contributed by atoms with Gasteiger partial charge in [0.2, 0.25) is 0 Å². The van der Waals surface area contributed by atoms with Crippen molar-refractivity contribution in [3.63, 3.8) is 0 Å². The monoisotopic (exact) mass is 500 g/mol. The fourth-order valence-corrected chi connectivity index (χ4v) is 4.87. The first-order valence-corrected chi connectivity index (χ1v) is 11.3. The largest absolute Gasteiger partial charge is 0.0901 e. The second kappa shape index (κ2) is 8.22. The fraction of sp³-hybridized carbons (Fsp3) is 0. The average molecular weight is 502 g/mol. The Labute approximate surface area is 178 Å². The van der Waals surface area contributed by atoms with E-state index in [4.69, 9.17) is 0 Å². The van der Waals surface area contributed by atoms with Crippen LogP contribution in [0.2, 0.25) is 0 Å². The van der Waals surface area contributed by atoms with Crippen molar-refractivity contribution in [3.05, 3.63) is 93.9 Å². The van der Waals surface area contributed by atoms with E-state index in [9.17, 15) is 0 Å². The van der Waals surface area contributed by atoms with Gasteiger partial charge in [-0.3, -0.25) is 0 Å². The van der Waals surface area contributed by atoms with Gasteiger partial charge in [-0.05, 0) is 83.6 Å². The van der Waals surface area contributed by atoms with Crippen molar-refractivity contribution in [2.75, 3.05) is 0 Å². The zero-order chi connectivity index (χ0) is 17.9.